The molecular weight excluding hydrogens is 254 g/mol. The number of hydrogen-bond donors (Lipinski definition) is 2. The molecule has 1 saturated carbocycles. The molecule has 0 aliphatic heterocycles. The molecule has 1 amide bonds. The summed E-state index contributed by atoms with van der Waals surface area (Å²) in [4.78, 5) is 24.1. The Morgan fingerprint density at radius 2 is 1.90 bits per heavy atom. The highest BCUT2D eigenvalue weighted by molar-refractivity contribution is 5.88. The molecule has 1 aliphatic carbocycles. The summed E-state index contributed by atoms with van der Waals surface area (Å²) in [7, 11) is 0. The minimum absolute atomic E-state index is 0.0431. The number of aliphatic carboxylic acids is 1. The minimum atomic E-state index is -1.03. The van der Waals surface area contributed by atoms with Gasteiger partial charge in [-0.2, -0.15) is 0 Å². The van der Waals surface area contributed by atoms with Crippen LogP contribution in [0.2, 0.25) is 0 Å². The molecule has 0 spiro atoms. The lowest BCUT2D eigenvalue weighted by molar-refractivity contribution is -0.150. The molecule has 2 N–H and O–H groups in total. The zero-order valence-corrected chi connectivity index (χ0v) is 13.1. The molecule has 2 unspecified atom stereocenters. The largest absolute Gasteiger partial charge is 0.480 e. The average molecular weight is 283 g/mol. The topological polar surface area (TPSA) is 66.4 Å². The molecule has 0 aromatic rings. The number of carbonyl (C=O) groups is 2. The number of amides is 1. The van der Waals surface area contributed by atoms with Crippen LogP contribution in [0.4, 0.5) is 0 Å². The Labute approximate surface area is 122 Å². The zero-order valence-electron chi connectivity index (χ0n) is 13.1. The number of hydrogen-bond acceptors (Lipinski definition) is 2. The molecule has 0 heterocycles. The summed E-state index contributed by atoms with van der Waals surface area (Å²) in [5, 5.41) is 12.5. The Balaban J connectivity index is 2.78. The van der Waals surface area contributed by atoms with Crippen LogP contribution < -0.4 is 5.32 Å². The summed E-state index contributed by atoms with van der Waals surface area (Å²) in [6, 6.07) is 0. The molecule has 0 bridgehead atoms. The lowest BCUT2D eigenvalue weighted by Crippen LogP contribution is -2.58. The molecule has 1 aliphatic rings. The fourth-order valence-corrected chi connectivity index (χ4v) is 3.35. The Morgan fingerprint density at radius 3 is 2.35 bits per heavy atom. The van der Waals surface area contributed by atoms with E-state index in [0.29, 0.717) is 18.8 Å². The van der Waals surface area contributed by atoms with E-state index in [2.05, 4.69) is 26.1 Å². The number of nitrogens with one attached hydrogen (secondary N) is 1. The number of carbonyl (C=O) groups excluding carboxylic acids is 1. The highest BCUT2D eigenvalue weighted by Crippen LogP contribution is 2.33. The molecule has 4 nitrogen and oxygen atoms in total. The van der Waals surface area contributed by atoms with Crippen molar-refractivity contribution < 1.29 is 14.7 Å². The van der Waals surface area contributed by atoms with Crippen LogP contribution in [-0.2, 0) is 9.59 Å². The minimum Gasteiger partial charge on any atom is -0.480 e. The van der Waals surface area contributed by atoms with Crippen molar-refractivity contribution >= 4 is 11.9 Å². The molecule has 0 radical (unpaired) electrons. The van der Waals surface area contributed by atoms with E-state index in [0.717, 1.165) is 38.5 Å². The second-order valence-electron chi connectivity index (χ2n) is 6.35. The molecule has 0 aromatic heterocycles. The van der Waals surface area contributed by atoms with E-state index >= 15 is 0 Å². The van der Waals surface area contributed by atoms with E-state index in [4.69, 9.17) is 0 Å². The first-order valence-corrected chi connectivity index (χ1v) is 8.00. The first kappa shape index (κ1) is 17.0. The molecule has 2 atom stereocenters. The molecular formula is C16H29NO3. The average Bonchev–Trinajstić information content (AvgIpc) is 2.38. The van der Waals surface area contributed by atoms with Gasteiger partial charge in [-0.15, -0.1) is 0 Å². The molecule has 4 heteroatoms. The maximum atomic E-state index is 12.4. The van der Waals surface area contributed by atoms with Gasteiger partial charge in [0, 0.05) is 5.92 Å². The third-order valence-electron chi connectivity index (χ3n) is 4.41. The molecule has 116 valence electrons. The second kappa shape index (κ2) is 7.65. The van der Waals surface area contributed by atoms with E-state index in [1.165, 1.54) is 0 Å². The fourth-order valence-electron chi connectivity index (χ4n) is 3.35. The van der Waals surface area contributed by atoms with Crippen LogP contribution in [0, 0.1) is 11.8 Å². The van der Waals surface area contributed by atoms with Crippen LogP contribution >= 0.6 is 0 Å². The molecule has 0 aromatic carbocycles. The van der Waals surface area contributed by atoms with Gasteiger partial charge in [-0.1, -0.05) is 46.5 Å². The van der Waals surface area contributed by atoms with Crippen molar-refractivity contribution in [3.05, 3.63) is 0 Å². The van der Waals surface area contributed by atoms with Gasteiger partial charge in [-0.3, -0.25) is 4.79 Å². The Morgan fingerprint density at radius 1 is 1.30 bits per heavy atom. The van der Waals surface area contributed by atoms with E-state index in [-0.39, 0.29) is 11.8 Å². The standard InChI is InChI=1S/C16H29NO3/c1-4-7-13(8-5-2)14(18)17-16(15(19)20)10-6-9-12(3)11-16/h12-13H,4-11H2,1-3H3,(H,17,18)(H,19,20). The maximum Gasteiger partial charge on any atom is 0.329 e. The highest BCUT2D eigenvalue weighted by atomic mass is 16.4. The quantitative estimate of drug-likeness (QED) is 0.753. The Hall–Kier alpha value is -1.06. The summed E-state index contributed by atoms with van der Waals surface area (Å²) < 4.78 is 0. The van der Waals surface area contributed by atoms with Crippen molar-refractivity contribution in [2.75, 3.05) is 0 Å². The summed E-state index contributed by atoms with van der Waals surface area (Å²) >= 11 is 0. The van der Waals surface area contributed by atoms with Crippen LogP contribution in [0.3, 0.4) is 0 Å². The van der Waals surface area contributed by atoms with Crippen LogP contribution in [0.1, 0.15) is 72.1 Å². The van der Waals surface area contributed by atoms with Gasteiger partial charge in [0.1, 0.15) is 5.54 Å². The van der Waals surface area contributed by atoms with E-state index in [1.807, 2.05) is 0 Å². The van der Waals surface area contributed by atoms with Crippen LogP contribution in [0.15, 0.2) is 0 Å². The third kappa shape index (κ3) is 4.22. The second-order valence-corrected chi connectivity index (χ2v) is 6.35. The normalized spacial score (nSPS) is 26.5. The van der Waals surface area contributed by atoms with Crippen LogP contribution in [0.25, 0.3) is 0 Å². The van der Waals surface area contributed by atoms with Gasteiger partial charge in [0.15, 0.2) is 0 Å². The van der Waals surface area contributed by atoms with Crippen molar-refractivity contribution in [1.82, 2.24) is 5.32 Å². The van der Waals surface area contributed by atoms with Gasteiger partial charge in [-0.25, -0.2) is 4.79 Å². The summed E-state index contributed by atoms with van der Waals surface area (Å²) in [5.74, 6) is -0.622. The molecule has 1 rings (SSSR count). The van der Waals surface area contributed by atoms with Crippen molar-refractivity contribution in [3.8, 4) is 0 Å². The zero-order chi connectivity index (χ0) is 15.2. The van der Waals surface area contributed by atoms with E-state index < -0.39 is 11.5 Å². The fraction of sp³-hybridized carbons (Fsp3) is 0.875. The van der Waals surface area contributed by atoms with Crippen LogP contribution in [0.5, 0.6) is 0 Å². The number of rotatable bonds is 7. The van der Waals surface area contributed by atoms with Gasteiger partial charge in [-0.05, 0) is 31.6 Å². The predicted molar refractivity (Wildman–Crippen MR) is 79.4 cm³/mol. The lowest BCUT2D eigenvalue weighted by atomic mass is 9.76. The van der Waals surface area contributed by atoms with Gasteiger partial charge < -0.3 is 10.4 Å². The highest BCUT2D eigenvalue weighted by Gasteiger charge is 2.43. The summed E-state index contributed by atoms with van der Waals surface area (Å²) in [6.07, 6.45) is 6.62. The Bertz CT molecular complexity index is 337. The Kier molecular flexibility index (Phi) is 6.50. The summed E-state index contributed by atoms with van der Waals surface area (Å²) in [5.41, 5.74) is -1.03. The van der Waals surface area contributed by atoms with Gasteiger partial charge in [0.25, 0.3) is 0 Å². The first-order chi connectivity index (χ1) is 9.45. The van der Waals surface area contributed by atoms with Gasteiger partial charge in [0.05, 0.1) is 0 Å². The molecule has 1 fully saturated rings. The lowest BCUT2D eigenvalue weighted by Gasteiger charge is -2.38. The predicted octanol–water partition coefficient (Wildman–Crippen LogP) is 3.35. The van der Waals surface area contributed by atoms with Crippen molar-refractivity contribution in [2.45, 2.75) is 77.7 Å². The van der Waals surface area contributed by atoms with E-state index in [1.54, 1.807) is 0 Å². The third-order valence-corrected chi connectivity index (χ3v) is 4.41. The van der Waals surface area contributed by atoms with E-state index in [9.17, 15) is 14.7 Å². The molecule has 0 saturated heterocycles. The number of carboxylic acids is 1. The molecule has 20 heavy (non-hydrogen) atoms. The van der Waals surface area contributed by atoms with Crippen molar-refractivity contribution in [1.29, 1.82) is 0 Å². The number of carboxylic acid groups (broad SMARTS) is 1. The van der Waals surface area contributed by atoms with Crippen molar-refractivity contribution in [2.24, 2.45) is 11.8 Å². The maximum absolute atomic E-state index is 12.4. The van der Waals surface area contributed by atoms with Gasteiger partial charge >= 0.3 is 5.97 Å². The summed E-state index contributed by atoms with van der Waals surface area (Å²) in [6.45, 7) is 6.19. The van der Waals surface area contributed by atoms with Gasteiger partial charge in [0.2, 0.25) is 5.91 Å². The van der Waals surface area contributed by atoms with Crippen molar-refractivity contribution in [3.63, 3.8) is 0 Å². The SMILES string of the molecule is CCCC(CCC)C(=O)NC1(C(=O)O)CCCC(C)C1. The van der Waals surface area contributed by atoms with Crippen LogP contribution in [-0.4, -0.2) is 22.5 Å². The first-order valence-electron chi connectivity index (χ1n) is 8.00. The smallest absolute Gasteiger partial charge is 0.329 e. The monoisotopic (exact) mass is 283 g/mol.